The van der Waals surface area contributed by atoms with Gasteiger partial charge in [-0.1, -0.05) is 54.6 Å². The molecule has 0 saturated carbocycles. The molecule has 22 heavy (non-hydrogen) atoms. The molecule has 0 aliphatic carbocycles. The number of carbonyl (C=O) groups is 1. The number of fused-ring (bicyclic) bond motifs is 1. The fourth-order valence-electron chi connectivity index (χ4n) is 2.75. The third-order valence-electron chi connectivity index (χ3n) is 4.05. The predicted molar refractivity (Wildman–Crippen MR) is 85.2 cm³/mol. The van der Waals surface area contributed by atoms with E-state index in [9.17, 15) is 9.90 Å². The van der Waals surface area contributed by atoms with Crippen molar-refractivity contribution in [2.24, 2.45) is 0 Å². The van der Waals surface area contributed by atoms with E-state index in [1.807, 2.05) is 42.5 Å². The predicted octanol–water partition coefficient (Wildman–Crippen LogP) is 1.55. The second-order valence-corrected chi connectivity index (χ2v) is 5.58. The van der Waals surface area contributed by atoms with Crippen LogP contribution >= 0.6 is 0 Å². The molecule has 4 heteroatoms. The second-order valence-electron chi connectivity index (χ2n) is 5.58. The number of aliphatic hydroxyl groups excluding tert-OH is 1. The van der Waals surface area contributed by atoms with Crippen LogP contribution in [0.4, 0.5) is 0 Å². The summed E-state index contributed by atoms with van der Waals surface area (Å²) >= 11 is 0. The number of nitrogens with one attached hydrogen (secondary N) is 2. The molecule has 1 aliphatic rings. The molecule has 0 aromatic heterocycles. The van der Waals surface area contributed by atoms with Crippen molar-refractivity contribution in [3.05, 3.63) is 71.3 Å². The van der Waals surface area contributed by atoms with Gasteiger partial charge in [0.25, 0.3) is 0 Å². The summed E-state index contributed by atoms with van der Waals surface area (Å²) in [5.41, 5.74) is 3.27. The molecule has 4 nitrogen and oxygen atoms in total. The topological polar surface area (TPSA) is 61.4 Å². The Morgan fingerprint density at radius 3 is 2.59 bits per heavy atom. The smallest absolute Gasteiger partial charge is 0.237 e. The van der Waals surface area contributed by atoms with E-state index in [2.05, 4.69) is 22.8 Å². The van der Waals surface area contributed by atoms with Crippen LogP contribution in [0.25, 0.3) is 0 Å². The molecule has 2 aromatic rings. The van der Waals surface area contributed by atoms with Gasteiger partial charge in [-0.25, -0.2) is 0 Å². The lowest BCUT2D eigenvalue weighted by atomic mass is 9.95. The van der Waals surface area contributed by atoms with Crippen molar-refractivity contribution in [1.29, 1.82) is 0 Å². The normalized spacial score (nSPS) is 18.3. The summed E-state index contributed by atoms with van der Waals surface area (Å²) in [5, 5.41) is 16.2. The summed E-state index contributed by atoms with van der Waals surface area (Å²) in [4.78, 5) is 12.3. The van der Waals surface area contributed by atoms with Gasteiger partial charge in [0.05, 0.1) is 12.1 Å². The van der Waals surface area contributed by atoms with E-state index in [-0.39, 0.29) is 18.5 Å². The first-order chi connectivity index (χ1) is 10.7. The number of aliphatic hydroxyl groups is 1. The van der Waals surface area contributed by atoms with Crippen molar-refractivity contribution in [2.75, 3.05) is 6.54 Å². The highest BCUT2D eigenvalue weighted by molar-refractivity contribution is 5.82. The minimum atomic E-state index is -0.680. The fourth-order valence-corrected chi connectivity index (χ4v) is 2.75. The van der Waals surface area contributed by atoms with Gasteiger partial charge in [0.1, 0.15) is 0 Å². The highest BCUT2D eigenvalue weighted by Gasteiger charge is 2.24. The van der Waals surface area contributed by atoms with E-state index in [0.717, 1.165) is 5.56 Å². The Hall–Kier alpha value is -2.17. The van der Waals surface area contributed by atoms with E-state index < -0.39 is 6.10 Å². The van der Waals surface area contributed by atoms with Crippen LogP contribution in [0, 0.1) is 0 Å². The quantitative estimate of drug-likeness (QED) is 0.802. The zero-order chi connectivity index (χ0) is 15.4. The van der Waals surface area contributed by atoms with E-state index in [1.165, 1.54) is 11.1 Å². The molecule has 3 N–H and O–H groups in total. The van der Waals surface area contributed by atoms with Crippen molar-refractivity contribution in [1.82, 2.24) is 10.6 Å². The minimum absolute atomic E-state index is 0.0653. The standard InChI is InChI=1S/C18H20N2O2/c21-17(13-6-2-1-3-7-13)12-20-18(22)16-10-14-8-4-5-9-15(14)11-19-16/h1-9,16-17,19,21H,10-12H2,(H,20,22)/t16-,17-/m1/s1. The van der Waals surface area contributed by atoms with Gasteiger partial charge in [-0.2, -0.15) is 0 Å². The largest absolute Gasteiger partial charge is 0.387 e. The molecule has 1 heterocycles. The fraction of sp³-hybridized carbons (Fsp3) is 0.278. The maximum Gasteiger partial charge on any atom is 0.237 e. The summed E-state index contributed by atoms with van der Waals surface area (Å²) < 4.78 is 0. The number of rotatable bonds is 4. The lowest BCUT2D eigenvalue weighted by molar-refractivity contribution is -0.123. The van der Waals surface area contributed by atoms with Gasteiger partial charge in [0.2, 0.25) is 5.91 Å². The molecule has 114 valence electrons. The van der Waals surface area contributed by atoms with Gasteiger partial charge in [-0.05, 0) is 23.1 Å². The molecule has 0 fully saturated rings. The van der Waals surface area contributed by atoms with Crippen molar-refractivity contribution in [3.8, 4) is 0 Å². The lowest BCUT2D eigenvalue weighted by Gasteiger charge is -2.25. The van der Waals surface area contributed by atoms with Crippen LogP contribution in [0.5, 0.6) is 0 Å². The molecular formula is C18H20N2O2. The molecule has 0 saturated heterocycles. The van der Waals surface area contributed by atoms with Crippen LogP contribution < -0.4 is 10.6 Å². The molecule has 1 amide bonds. The Kier molecular flexibility index (Phi) is 4.51. The molecule has 0 unspecified atom stereocenters. The molecule has 1 aliphatic heterocycles. The number of amides is 1. The average molecular weight is 296 g/mol. The zero-order valence-corrected chi connectivity index (χ0v) is 12.3. The maximum absolute atomic E-state index is 12.3. The Morgan fingerprint density at radius 2 is 1.82 bits per heavy atom. The first-order valence-electron chi connectivity index (χ1n) is 7.55. The summed E-state index contributed by atoms with van der Waals surface area (Å²) in [6.07, 6.45) is 0.00436. The van der Waals surface area contributed by atoms with Gasteiger partial charge < -0.3 is 15.7 Å². The number of hydrogen-bond acceptors (Lipinski definition) is 3. The molecule has 0 radical (unpaired) electrons. The lowest BCUT2D eigenvalue weighted by Crippen LogP contribution is -2.48. The van der Waals surface area contributed by atoms with Gasteiger partial charge in [0, 0.05) is 13.1 Å². The Balaban J connectivity index is 1.55. The van der Waals surface area contributed by atoms with Crippen LogP contribution in [-0.2, 0) is 17.8 Å². The van der Waals surface area contributed by atoms with Gasteiger partial charge >= 0.3 is 0 Å². The average Bonchev–Trinajstić information content (AvgIpc) is 2.59. The Bertz CT molecular complexity index is 643. The van der Waals surface area contributed by atoms with Crippen molar-refractivity contribution < 1.29 is 9.90 Å². The Morgan fingerprint density at radius 1 is 1.14 bits per heavy atom. The SMILES string of the molecule is O=C(NC[C@@H](O)c1ccccc1)[C@H]1Cc2ccccc2CN1. The number of benzene rings is 2. The summed E-state index contributed by atoms with van der Waals surface area (Å²) in [6.45, 7) is 0.929. The van der Waals surface area contributed by atoms with Gasteiger partial charge in [-0.3, -0.25) is 4.79 Å². The van der Waals surface area contributed by atoms with Crippen LogP contribution in [0.2, 0.25) is 0 Å². The van der Waals surface area contributed by atoms with Crippen LogP contribution in [-0.4, -0.2) is 23.6 Å². The third kappa shape index (κ3) is 3.35. The number of hydrogen-bond donors (Lipinski definition) is 3. The van der Waals surface area contributed by atoms with Crippen molar-refractivity contribution in [3.63, 3.8) is 0 Å². The van der Waals surface area contributed by atoms with E-state index in [4.69, 9.17) is 0 Å². The molecule has 2 aromatic carbocycles. The molecule has 2 atom stereocenters. The number of carbonyl (C=O) groups excluding carboxylic acids is 1. The molecular weight excluding hydrogens is 276 g/mol. The van der Waals surface area contributed by atoms with E-state index in [1.54, 1.807) is 0 Å². The van der Waals surface area contributed by atoms with Crippen molar-refractivity contribution >= 4 is 5.91 Å². The van der Waals surface area contributed by atoms with E-state index >= 15 is 0 Å². The maximum atomic E-state index is 12.3. The Labute approximate surface area is 130 Å². The van der Waals surface area contributed by atoms with Crippen molar-refractivity contribution in [2.45, 2.75) is 25.1 Å². The zero-order valence-electron chi connectivity index (χ0n) is 12.3. The highest BCUT2D eigenvalue weighted by Crippen LogP contribution is 2.16. The van der Waals surface area contributed by atoms with Gasteiger partial charge in [0.15, 0.2) is 0 Å². The minimum Gasteiger partial charge on any atom is -0.387 e. The van der Waals surface area contributed by atoms with Crippen LogP contribution in [0.3, 0.4) is 0 Å². The first-order valence-corrected chi connectivity index (χ1v) is 7.55. The van der Waals surface area contributed by atoms with Gasteiger partial charge in [-0.15, -0.1) is 0 Å². The summed E-state index contributed by atoms with van der Waals surface area (Å²) in [6, 6.07) is 17.3. The van der Waals surface area contributed by atoms with E-state index in [0.29, 0.717) is 13.0 Å². The highest BCUT2D eigenvalue weighted by atomic mass is 16.3. The molecule has 0 spiro atoms. The summed E-state index contributed by atoms with van der Waals surface area (Å²) in [5.74, 6) is -0.0653. The van der Waals surface area contributed by atoms with Crippen LogP contribution in [0.1, 0.15) is 22.8 Å². The monoisotopic (exact) mass is 296 g/mol. The first kappa shape index (κ1) is 14.8. The third-order valence-corrected chi connectivity index (χ3v) is 4.05. The molecule has 3 rings (SSSR count). The second kappa shape index (κ2) is 6.73. The summed E-state index contributed by atoms with van der Waals surface area (Å²) in [7, 11) is 0. The van der Waals surface area contributed by atoms with Crippen LogP contribution in [0.15, 0.2) is 54.6 Å². The molecule has 0 bridgehead atoms.